The Balaban J connectivity index is 3.49. The molecule has 0 amide bonds. The zero-order chi connectivity index (χ0) is 10.5. The summed E-state index contributed by atoms with van der Waals surface area (Å²) in [5.74, 6) is -0.314. The second kappa shape index (κ2) is 5.91. The quantitative estimate of drug-likeness (QED) is 0.321. The normalized spacial score (nSPS) is 11.8. The van der Waals surface area contributed by atoms with E-state index in [0.717, 1.165) is 13.0 Å². The molecule has 0 aliphatic carbocycles. The van der Waals surface area contributed by atoms with E-state index in [1.54, 1.807) is 0 Å². The fraction of sp³-hybridized carbons (Fsp3) is 0.857. The SMILES string of the molecule is C[NH+](C)CCCNC(=[N-])C(Cl)(Cl)Cl. The molecule has 0 saturated carbocycles. The Morgan fingerprint density at radius 1 is 1.38 bits per heavy atom. The second-order valence-corrected chi connectivity index (χ2v) is 5.37. The van der Waals surface area contributed by atoms with Crippen LogP contribution in [0.3, 0.4) is 0 Å². The van der Waals surface area contributed by atoms with Crippen molar-refractivity contribution >= 4 is 40.6 Å². The van der Waals surface area contributed by atoms with Crippen LogP contribution in [0, 0.1) is 0 Å². The van der Waals surface area contributed by atoms with Crippen molar-refractivity contribution < 1.29 is 4.90 Å². The lowest BCUT2D eigenvalue weighted by Gasteiger charge is -2.22. The van der Waals surface area contributed by atoms with E-state index < -0.39 is 3.79 Å². The van der Waals surface area contributed by atoms with Gasteiger partial charge >= 0.3 is 0 Å². The number of hydrogen-bond acceptors (Lipinski definition) is 0. The first-order valence-electron chi connectivity index (χ1n) is 4.00. The third-order valence-electron chi connectivity index (χ3n) is 1.41. The largest absolute Gasteiger partial charge is 0.481 e. The first kappa shape index (κ1) is 13.3. The van der Waals surface area contributed by atoms with E-state index in [4.69, 9.17) is 40.2 Å². The molecule has 6 heteroatoms. The van der Waals surface area contributed by atoms with Crippen LogP contribution in [0.5, 0.6) is 0 Å². The lowest BCUT2D eigenvalue weighted by Crippen LogP contribution is -3.05. The number of amidine groups is 1. The Morgan fingerprint density at radius 3 is 2.31 bits per heavy atom. The number of rotatable bonds is 4. The van der Waals surface area contributed by atoms with Gasteiger partial charge in [-0.15, -0.1) is 0 Å². The summed E-state index contributed by atoms with van der Waals surface area (Å²) < 4.78 is -1.73. The summed E-state index contributed by atoms with van der Waals surface area (Å²) in [6.45, 7) is 1.60. The van der Waals surface area contributed by atoms with Crippen LogP contribution in [0.1, 0.15) is 6.42 Å². The molecule has 0 atom stereocenters. The summed E-state index contributed by atoms with van der Waals surface area (Å²) in [6, 6.07) is 0. The second-order valence-electron chi connectivity index (χ2n) is 3.08. The Morgan fingerprint density at radius 2 is 1.92 bits per heavy atom. The van der Waals surface area contributed by atoms with Crippen LogP contribution in [0.15, 0.2) is 0 Å². The number of alkyl halides is 3. The lowest BCUT2D eigenvalue weighted by atomic mass is 10.4. The van der Waals surface area contributed by atoms with Crippen LogP contribution < -0.4 is 10.2 Å². The molecule has 0 fully saturated rings. The van der Waals surface area contributed by atoms with Crippen LogP contribution >= 0.6 is 34.8 Å². The third kappa shape index (κ3) is 7.38. The molecular weight excluding hydrogens is 232 g/mol. The van der Waals surface area contributed by atoms with Crippen molar-refractivity contribution in [2.24, 2.45) is 0 Å². The zero-order valence-electron chi connectivity index (χ0n) is 7.70. The Bertz CT molecular complexity index is 165. The van der Waals surface area contributed by atoms with Gasteiger partial charge in [-0.2, -0.15) is 0 Å². The summed E-state index contributed by atoms with van der Waals surface area (Å²) in [7, 11) is 4.11. The van der Waals surface area contributed by atoms with Gasteiger partial charge in [-0.3, -0.25) is 0 Å². The van der Waals surface area contributed by atoms with Crippen LogP contribution in [0.2, 0.25) is 0 Å². The molecule has 0 unspecified atom stereocenters. The first-order valence-corrected chi connectivity index (χ1v) is 5.13. The molecule has 3 nitrogen and oxygen atoms in total. The highest BCUT2D eigenvalue weighted by atomic mass is 35.6. The lowest BCUT2D eigenvalue weighted by molar-refractivity contribution is -0.858. The van der Waals surface area contributed by atoms with Crippen molar-refractivity contribution in [2.45, 2.75) is 10.2 Å². The number of nitrogens with zero attached hydrogens (tertiary/aromatic N) is 1. The molecule has 0 rings (SSSR count). The van der Waals surface area contributed by atoms with E-state index in [9.17, 15) is 0 Å². The molecule has 78 valence electrons. The van der Waals surface area contributed by atoms with E-state index in [-0.39, 0.29) is 5.84 Å². The Kier molecular flexibility index (Phi) is 6.05. The summed E-state index contributed by atoms with van der Waals surface area (Å²) >= 11 is 16.2. The molecule has 0 aromatic carbocycles. The van der Waals surface area contributed by atoms with Gasteiger partial charge in [-0.25, -0.2) is 0 Å². The van der Waals surface area contributed by atoms with Crippen LogP contribution in [0.25, 0.3) is 5.41 Å². The van der Waals surface area contributed by atoms with Gasteiger partial charge in [0, 0.05) is 0 Å². The Labute approximate surface area is 93.8 Å². The van der Waals surface area contributed by atoms with Gasteiger partial charge in [0.2, 0.25) is 3.79 Å². The predicted octanol–water partition coefficient (Wildman–Crippen LogP) is 0.449. The van der Waals surface area contributed by atoms with Gasteiger partial charge in [0.1, 0.15) is 0 Å². The minimum absolute atomic E-state index is 0.314. The molecule has 0 spiro atoms. The van der Waals surface area contributed by atoms with Crippen molar-refractivity contribution in [3.63, 3.8) is 0 Å². The maximum atomic E-state index is 9.15. The van der Waals surface area contributed by atoms with E-state index in [2.05, 4.69) is 19.4 Å². The molecule has 13 heavy (non-hydrogen) atoms. The van der Waals surface area contributed by atoms with E-state index in [0.29, 0.717) is 6.54 Å². The molecular formula is C7H14Cl3N3. The van der Waals surface area contributed by atoms with Crippen LogP contribution in [-0.4, -0.2) is 36.8 Å². The molecule has 0 heterocycles. The van der Waals surface area contributed by atoms with E-state index >= 15 is 0 Å². The summed E-state index contributed by atoms with van der Waals surface area (Å²) in [6.07, 6.45) is 0.910. The molecule has 0 radical (unpaired) electrons. The van der Waals surface area contributed by atoms with Crippen LogP contribution in [0.4, 0.5) is 0 Å². The smallest absolute Gasteiger partial charge is 0.207 e. The van der Waals surface area contributed by atoms with Crippen molar-refractivity contribution in [3.8, 4) is 0 Å². The van der Waals surface area contributed by atoms with E-state index in [1.165, 1.54) is 4.90 Å². The highest BCUT2D eigenvalue weighted by Gasteiger charge is 2.19. The maximum absolute atomic E-state index is 9.15. The molecule has 0 aromatic rings. The molecule has 0 aromatic heterocycles. The fourth-order valence-electron chi connectivity index (χ4n) is 0.749. The van der Waals surface area contributed by atoms with Gasteiger partial charge in [0.25, 0.3) is 0 Å². The predicted molar refractivity (Wildman–Crippen MR) is 59.0 cm³/mol. The molecule has 2 N–H and O–H groups in total. The van der Waals surface area contributed by atoms with Gasteiger partial charge < -0.3 is 15.6 Å². The number of nitrogens with one attached hydrogen (secondary N) is 2. The number of quaternary nitrogens is 1. The summed E-state index contributed by atoms with van der Waals surface area (Å²) in [5, 5.41) is 11.8. The van der Waals surface area contributed by atoms with Crippen molar-refractivity contribution in [3.05, 3.63) is 5.41 Å². The first-order chi connectivity index (χ1) is 5.84. The topological polar surface area (TPSA) is 38.8 Å². The van der Waals surface area contributed by atoms with Crippen molar-refractivity contribution in [1.82, 2.24) is 5.32 Å². The average molecular weight is 247 g/mol. The number of hydrogen-bond donors (Lipinski definition) is 2. The summed E-state index contributed by atoms with van der Waals surface area (Å²) in [5.41, 5.74) is 0. The van der Waals surface area contributed by atoms with Gasteiger partial charge in [-0.1, -0.05) is 34.8 Å². The highest BCUT2D eigenvalue weighted by molar-refractivity contribution is 6.76. The zero-order valence-corrected chi connectivity index (χ0v) is 9.97. The van der Waals surface area contributed by atoms with Crippen molar-refractivity contribution in [1.29, 1.82) is 0 Å². The minimum atomic E-state index is -1.73. The highest BCUT2D eigenvalue weighted by Crippen LogP contribution is 2.26. The average Bonchev–Trinajstić information content (AvgIpc) is 1.95. The van der Waals surface area contributed by atoms with Gasteiger partial charge in [-0.05, 0) is 18.8 Å². The summed E-state index contributed by atoms with van der Waals surface area (Å²) in [4.78, 5) is 1.34. The minimum Gasteiger partial charge on any atom is -0.481 e. The van der Waals surface area contributed by atoms with Crippen molar-refractivity contribution in [2.75, 3.05) is 27.2 Å². The van der Waals surface area contributed by atoms with Crippen LogP contribution in [-0.2, 0) is 0 Å². The maximum Gasteiger partial charge on any atom is 0.207 e. The Hall–Kier alpha value is 0.300. The molecule has 0 saturated heterocycles. The fourth-order valence-corrected chi connectivity index (χ4v) is 0.949. The third-order valence-corrected chi connectivity index (χ3v) is 1.95. The van der Waals surface area contributed by atoms with E-state index in [1.807, 2.05) is 0 Å². The molecule has 0 aliphatic heterocycles. The molecule has 0 aliphatic rings. The molecule has 0 bridgehead atoms. The van der Waals surface area contributed by atoms with Gasteiger partial charge in [0.05, 0.1) is 20.6 Å². The number of halogens is 3. The monoisotopic (exact) mass is 245 g/mol. The standard InChI is InChI=1S/C7H13Cl3N3/c1-13(2)5-3-4-12-6(11)7(8,9)10/h3-5H2,1-2H3,(H-,11,12)/q-1/p+1. The van der Waals surface area contributed by atoms with Gasteiger partial charge in [0.15, 0.2) is 0 Å².